The second kappa shape index (κ2) is 9.18. The number of hydrogen-bond donors (Lipinski definition) is 3. The van der Waals surface area contributed by atoms with Crippen molar-refractivity contribution in [1.29, 1.82) is 0 Å². The van der Waals surface area contributed by atoms with Gasteiger partial charge in [0.25, 0.3) is 0 Å². The molecule has 0 aromatic heterocycles. The topological polar surface area (TPSA) is 111 Å². The summed E-state index contributed by atoms with van der Waals surface area (Å²) in [6, 6.07) is 12.0. The van der Waals surface area contributed by atoms with Crippen LogP contribution in [-0.2, 0) is 10.0 Å². The average Bonchev–Trinajstić information content (AvgIpc) is 2.64. The van der Waals surface area contributed by atoms with E-state index in [1.54, 1.807) is 26.2 Å². The molecule has 0 aliphatic rings. The van der Waals surface area contributed by atoms with Gasteiger partial charge in [-0.05, 0) is 43.2 Å². The Balaban J connectivity index is 1.92. The maximum atomic E-state index is 11.6. The van der Waals surface area contributed by atoms with Crippen LogP contribution in [0.3, 0.4) is 0 Å². The fraction of sp³-hybridized carbons (Fsp3) is 0.368. The van der Waals surface area contributed by atoms with Crippen LogP contribution in [0, 0.1) is 6.92 Å². The molecule has 2 aromatic rings. The van der Waals surface area contributed by atoms with Gasteiger partial charge in [0.15, 0.2) is 11.5 Å². The van der Waals surface area contributed by atoms with Gasteiger partial charge in [-0.15, -0.1) is 0 Å². The molecule has 2 unspecified atom stereocenters. The maximum Gasteiger partial charge on any atom is 0.238 e. The van der Waals surface area contributed by atoms with Crippen molar-refractivity contribution in [2.24, 2.45) is 5.14 Å². The molecule has 8 heteroatoms. The standard InChI is InChI=1S/C19H26N2O5S/c1-13-8-9-15(10-19(13)27(20,23)24)16(22)11-21-14(2)12-26-18-7-5-4-6-17(18)25-3/h4-10,14,16,21-22H,11-12H2,1-3H3,(H2,20,23,24). The molecule has 2 rings (SSSR count). The quantitative estimate of drug-likeness (QED) is 0.597. The zero-order valence-electron chi connectivity index (χ0n) is 15.7. The van der Waals surface area contributed by atoms with Gasteiger partial charge in [-0.2, -0.15) is 0 Å². The molecule has 2 atom stereocenters. The van der Waals surface area contributed by atoms with E-state index in [1.165, 1.54) is 6.07 Å². The fourth-order valence-corrected chi connectivity index (χ4v) is 3.39. The van der Waals surface area contributed by atoms with Gasteiger partial charge in [-0.25, -0.2) is 13.6 Å². The number of rotatable bonds is 9. The molecule has 0 saturated carbocycles. The number of primary sulfonamides is 1. The molecule has 0 aliphatic carbocycles. The number of sulfonamides is 1. The van der Waals surface area contributed by atoms with Crippen LogP contribution in [0.15, 0.2) is 47.4 Å². The van der Waals surface area contributed by atoms with Crippen LogP contribution in [0.2, 0.25) is 0 Å². The van der Waals surface area contributed by atoms with Gasteiger partial charge in [0.05, 0.1) is 18.1 Å². The minimum Gasteiger partial charge on any atom is -0.493 e. The van der Waals surface area contributed by atoms with Gasteiger partial charge in [0.2, 0.25) is 10.0 Å². The number of para-hydroxylation sites is 2. The molecule has 2 aromatic carbocycles. The second-order valence-electron chi connectivity index (χ2n) is 6.36. The van der Waals surface area contributed by atoms with Crippen molar-refractivity contribution in [2.45, 2.75) is 30.9 Å². The van der Waals surface area contributed by atoms with E-state index in [1.807, 2.05) is 31.2 Å². The highest BCUT2D eigenvalue weighted by Gasteiger charge is 2.16. The number of nitrogens with one attached hydrogen (secondary N) is 1. The minimum atomic E-state index is -3.83. The van der Waals surface area contributed by atoms with E-state index in [-0.39, 0.29) is 17.5 Å². The Labute approximate surface area is 160 Å². The van der Waals surface area contributed by atoms with Crippen molar-refractivity contribution in [2.75, 3.05) is 20.3 Å². The molecule has 148 valence electrons. The highest BCUT2D eigenvalue weighted by Crippen LogP contribution is 2.26. The van der Waals surface area contributed by atoms with Crippen LogP contribution in [0.4, 0.5) is 0 Å². The summed E-state index contributed by atoms with van der Waals surface area (Å²) in [7, 11) is -2.25. The van der Waals surface area contributed by atoms with E-state index in [9.17, 15) is 13.5 Å². The maximum absolute atomic E-state index is 11.6. The lowest BCUT2D eigenvalue weighted by Crippen LogP contribution is -2.35. The lowest BCUT2D eigenvalue weighted by atomic mass is 10.1. The van der Waals surface area contributed by atoms with E-state index in [0.717, 1.165) is 0 Å². The molecule has 0 amide bonds. The summed E-state index contributed by atoms with van der Waals surface area (Å²) >= 11 is 0. The Hall–Kier alpha value is -2.13. The molecule has 0 fully saturated rings. The molecule has 0 bridgehead atoms. The Morgan fingerprint density at radius 2 is 1.85 bits per heavy atom. The van der Waals surface area contributed by atoms with Crippen LogP contribution >= 0.6 is 0 Å². The molecule has 0 saturated heterocycles. The van der Waals surface area contributed by atoms with Crippen LogP contribution in [0.1, 0.15) is 24.2 Å². The van der Waals surface area contributed by atoms with E-state index in [0.29, 0.717) is 29.2 Å². The van der Waals surface area contributed by atoms with Crippen LogP contribution in [-0.4, -0.2) is 39.8 Å². The zero-order chi connectivity index (χ0) is 20.0. The average molecular weight is 394 g/mol. The zero-order valence-corrected chi connectivity index (χ0v) is 16.5. The van der Waals surface area contributed by atoms with Crippen LogP contribution < -0.4 is 19.9 Å². The largest absolute Gasteiger partial charge is 0.493 e. The molecular formula is C19H26N2O5S. The number of aliphatic hydroxyl groups excluding tert-OH is 1. The smallest absolute Gasteiger partial charge is 0.238 e. The number of ether oxygens (including phenoxy) is 2. The van der Waals surface area contributed by atoms with E-state index >= 15 is 0 Å². The summed E-state index contributed by atoms with van der Waals surface area (Å²) in [5, 5.41) is 18.7. The molecule has 7 nitrogen and oxygen atoms in total. The lowest BCUT2D eigenvalue weighted by Gasteiger charge is -2.19. The van der Waals surface area contributed by atoms with Gasteiger partial charge in [0, 0.05) is 12.6 Å². The summed E-state index contributed by atoms with van der Waals surface area (Å²) < 4.78 is 34.2. The summed E-state index contributed by atoms with van der Waals surface area (Å²) in [5.41, 5.74) is 1.02. The molecule has 0 aliphatic heterocycles. The Kier molecular flexibility index (Phi) is 7.20. The summed E-state index contributed by atoms with van der Waals surface area (Å²) in [4.78, 5) is 0.0200. The molecular weight excluding hydrogens is 368 g/mol. The van der Waals surface area contributed by atoms with Crippen LogP contribution in [0.5, 0.6) is 11.5 Å². The predicted molar refractivity (Wildman–Crippen MR) is 103 cm³/mol. The van der Waals surface area contributed by atoms with Gasteiger partial charge >= 0.3 is 0 Å². The number of aliphatic hydroxyl groups is 1. The Bertz CT molecular complexity index is 870. The molecule has 0 spiro atoms. The first-order chi connectivity index (χ1) is 12.7. The number of benzene rings is 2. The van der Waals surface area contributed by atoms with Gasteiger partial charge in [-0.3, -0.25) is 0 Å². The second-order valence-corrected chi connectivity index (χ2v) is 7.89. The first-order valence-corrected chi connectivity index (χ1v) is 10.1. The number of methoxy groups -OCH3 is 1. The molecule has 27 heavy (non-hydrogen) atoms. The van der Waals surface area contributed by atoms with Crippen molar-refractivity contribution in [3.8, 4) is 11.5 Å². The van der Waals surface area contributed by atoms with Crippen molar-refractivity contribution >= 4 is 10.0 Å². The number of nitrogens with two attached hydrogens (primary N) is 1. The molecule has 4 N–H and O–H groups in total. The van der Waals surface area contributed by atoms with E-state index < -0.39 is 16.1 Å². The highest BCUT2D eigenvalue weighted by molar-refractivity contribution is 7.89. The Morgan fingerprint density at radius 1 is 1.19 bits per heavy atom. The van der Waals surface area contributed by atoms with Crippen molar-refractivity contribution < 1.29 is 23.0 Å². The highest BCUT2D eigenvalue weighted by atomic mass is 32.2. The van der Waals surface area contributed by atoms with Crippen molar-refractivity contribution in [3.05, 3.63) is 53.6 Å². The van der Waals surface area contributed by atoms with Gasteiger partial charge in [0.1, 0.15) is 6.61 Å². The first-order valence-electron chi connectivity index (χ1n) is 8.53. The van der Waals surface area contributed by atoms with E-state index in [2.05, 4.69) is 5.32 Å². The number of hydrogen-bond acceptors (Lipinski definition) is 6. The van der Waals surface area contributed by atoms with Crippen LogP contribution in [0.25, 0.3) is 0 Å². The number of aryl methyl sites for hydroxylation is 1. The molecule has 0 heterocycles. The summed E-state index contributed by atoms with van der Waals surface area (Å²) in [6.45, 7) is 4.20. The summed E-state index contributed by atoms with van der Waals surface area (Å²) in [5.74, 6) is 1.30. The third kappa shape index (κ3) is 5.93. The third-order valence-corrected chi connectivity index (χ3v) is 5.17. The summed E-state index contributed by atoms with van der Waals surface area (Å²) in [6.07, 6.45) is -0.875. The third-order valence-electron chi connectivity index (χ3n) is 4.12. The monoisotopic (exact) mass is 394 g/mol. The minimum absolute atomic E-state index is 0.0200. The van der Waals surface area contributed by atoms with Crippen molar-refractivity contribution in [1.82, 2.24) is 5.32 Å². The molecule has 0 radical (unpaired) electrons. The first kappa shape index (κ1) is 21.2. The van der Waals surface area contributed by atoms with Gasteiger partial charge < -0.3 is 19.9 Å². The van der Waals surface area contributed by atoms with Crippen molar-refractivity contribution in [3.63, 3.8) is 0 Å². The van der Waals surface area contributed by atoms with E-state index in [4.69, 9.17) is 14.6 Å². The fourth-order valence-electron chi connectivity index (χ4n) is 2.57. The lowest BCUT2D eigenvalue weighted by molar-refractivity contribution is 0.163. The Morgan fingerprint density at radius 3 is 2.48 bits per heavy atom. The van der Waals surface area contributed by atoms with Gasteiger partial charge in [-0.1, -0.05) is 24.3 Å². The predicted octanol–water partition coefficient (Wildman–Crippen LogP) is 1.74. The normalized spacial score (nSPS) is 13.8. The SMILES string of the molecule is COc1ccccc1OCC(C)NCC(O)c1ccc(C)c(S(N)(=O)=O)c1.